The van der Waals surface area contributed by atoms with E-state index in [0.717, 1.165) is 31.2 Å². The minimum absolute atomic E-state index is 0.254. The fourth-order valence-electron chi connectivity index (χ4n) is 3.31. The second-order valence-electron chi connectivity index (χ2n) is 6.98. The molecule has 0 saturated carbocycles. The van der Waals surface area contributed by atoms with E-state index in [-0.39, 0.29) is 10.8 Å². The number of rotatable bonds is 5. The molecule has 0 unspecified atom stereocenters. The van der Waals surface area contributed by atoms with Crippen LogP contribution in [-0.4, -0.2) is 38.8 Å². The largest absolute Gasteiger partial charge is 0.496 e. The molecule has 1 heterocycles. The van der Waals surface area contributed by atoms with Gasteiger partial charge in [-0.05, 0) is 61.7 Å². The van der Waals surface area contributed by atoms with Crippen molar-refractivity contribution in [3.05, 3.63) is 53.6 Å². The van der Waals surface area contributed by atoms with E-state index in [4.69, 9.17) is 4.74 Å². The Labute approximate surface area is 166 Å². The zero-order chi connectivity index (χ0) is 20.1. The van der Waals surface area contributed by atoms with Gasteiger partial charge in [0, 0.05) is 24.3 Å². The lowest BCUT2D eigenvalue weighted by atomic mass is 10.1. The van der Waals surface area contributed by atoms with Crippen LogP contribution in [0.4, 0.5) is 5.69 Å². The standard InChI is InChI=1S/C21H26N2O4S/c1-16-7-8-17(15-20(16)27-2)21(24)22-18-9-11-19(12-10-18)28(25,26)23-13-5-3-4-6-14-23/h7-12,15H,3-6,13-14H2,1-2H3,(H,22,24). The number of nitrogens with one attached hydrogen (secondary N) is 1. The number of nitrogens with zero attached hydrogens (tertiary/aromatic N) is 1. The van der Waals surface area contributed by atoms with Crippen LogP contribution in [0.1, 0.15) is 41.6 Å². The lowest BCUT2D eigenvalue weighted by Crippen LogP contribution is -2.31. The smallest absolute Gasteiger partial charge is 0.255 e. The third kappa shape index (κ3) is 4.54. The molecule has 0 bridgehead atoms. The average molecular weight is 403 g/mol. The first kappa shape index (κ1) is 20.4. The van der Waals surface area contributed by atoms with E-state index in [2.05, 4.69) is 5.32 Å². The topological polar surface area (TPSA) is 75.7 Å². The highest BCUT2D eigenvalue weighted by Crippen LogP contribution is 2.23. The monoisotopic (exact) mass is 402 g/mol. The van der Waals surface area contributed by atoms with Gasteiger partial charge in [-0.2, -0.15) is 4.31 Å². The van der Waals surface area contributed by atoms with Crippen LogP contribution in [-0.2, 0) is 10.0 Å². The summed E-state index contributed by atoms with van der Waals surface area (Å²) >= 11 is 0. The van der Waals surface area contributed by atoms with Crippen molar-refractivity contribution in [3.8, 4) is 5.75 Å². The highest BCUT2D eigenvalue weighted by molar-refractivity contribution is 7.89. The van der Waals surface area contributed by atoms with Gasteiger partial charge in [0.05, 0.1) is 12.0 Å². The molecule has 1 aliphatic heterocycles. The molecule has 1 N–H and O–H groups in total. The Morgan fingerprint density at radius 1 is 1.00 bits per heavy atom. The first-order valence-electron chi connectivity index (χ1n) is 9.48. The molecule has 0 atom stereocenters. The number of ether oxygens (including phenoxy) is 1. The average Bonchev–Trinajstić information content (AvgIpc) is 2.99. The molecule has 1 saturated heterocycles. The van der Waals surface area contributed by atoms with E-state index < -0.39 is 10.0 Å². The Morgan fingerprint density at radius 3 is 2.25 bits per heavy atom. The highest BCUT2D eigenvalue weighted by Gasteiger charge is 2.25. The molecule has 28 heavy (non-hydrogen) atoms. The fraction of sp³-hybridized carbons (Fsp3) is 0.381. The molecule has 0 spiro atoms. The molecule has 2 aromatic rings. The van der Waals surface area contributed by atoms with Crippen LogP contribution in [0.15, 0.2) is 47.4 Å². The van der Waals surface area contributed by atoms with Crippen LogP contribution < -0.4 is 10.1 Å². The summed E-state index contributed by atoms with van der Waals surface area (Å²) in [5, 5.41) is 2.79. The summed E-state index contributed by atoms with van der Waals surface area (Å²) in [6.45, 7) is 3.04. The predicted octanol–water partition coefficient (Wildman–Crippen LogP) is 3.82. The molecule has 3 rings (SSSR count). The number of sulfonamides is 1. The van der Waals surface area contributed by atoms with Crippen LogP contribution >= 0.6 is 0 Å². The van der Waals surface area contributed by atoms with Gasteiger partial charge in [-0.25, -0.2) is 8.42 Å². The SMILES string of the molecule is COc1cc(C(=O)Nc2ccc(S(=O)(=O)N3CCCCCC3)cc2)ccc1C. The number of methoxy groups -OCH3 is 1. The van der Waals surface area contributed by atoms with E-state index in [0.29, 0.717) is 30.1 Å². The van der Waals surface area contributed by atoms with Crippen molar-refractivity contribution in [3.63, 3.8) is 0 Å². The third-order valence-corrected chi connectivity index (χ3v) is 6.90. The summed E-state index contributed by atoms with van der Waals surface area (Å²) in [5.41, 5.74) is 1.96. The maximum absolute atomic E-state index is 12.8. The van der Waals surface area contributed by atoms with Crippen LogP contribution in [0.2, 0.25) is 0 Å². The minimum atomic E-state index is -3.49. The van der Waals surface area contributed by atoms with Crippen molar-refractivity contribution in [1.29, 1.82) is 0 Å². The normalized spacial score (nSPS) is 15.6. The molecule has 6 nitrogen and oxygen atoms in total. The Bertz CT molecular complexity index is 931. The maximum atomic E-state index is 12.8. The van der Waals surface area contributed by atoms with Gasteiger partial charge in [0.2, 0.25) is 10.0 Å². The number of carbonyl (C=O) groups excluding carboxylic acids is 1. The molecule has 1 amide bonds. The number of benzene rings is 2. The van der Waals surface area contributed by atoms with E-state index in [1.807, 2.05) is 13.0 Å². The zero-order valence-electron chi connectivity index (χ0n) is 16.3. The van der Waals surface area contributed by atoms with Gasteiger partial charge in [0.1, 0.15) is 5.75 Å². The highest BCUT2D eigenvalue weighted by atomic mass is 32.2. The van der Waals surface area contributed by atoms with Crippen molar-refractivity contribution in [1.82, 2.24) is 4.31 Å². The van der Waals surface area contributed by atoms with Gasteiger partial charge in [-0.3, -0.25) is 4.79 Å². The maximum Gasteiger partial charge on any atom is 0.255 e. The van der Waals surface area contributed by atoms with Gasteiger partial charge < -0.3 is 10.1 Å². The molecule has 2 aromatic carbocycles. The quantitative estimate of drug-likeness (QED) is 0.825. The van der Waals surface area contributed by atoms with Crippen molar-refractivity contribution in [2.75, 3.05) is 25.5 Å². The van der Waals surface area contributed by atoms with Crippen molar-refractivity contribution in [2.45, 2.75) is 37.5 Å². The summed E-state index contributed by atoms with van der Waals surface area (Å²) < 4.78 is 32.5. The molecule has 1 fully saturated rings. The molecule has 0 radical (unpaired) electrons. The minimum Gasteiger partial charge on any atom is -0.496 e. The molecular weight excluding hydrogens is 376 g/mol. The van der Waals surface area contributed by atoms with Crippen LogP contribution in [0, 0.1) is 6.92 Å². The molecule has 0 aliphatic carbocycles. The lowest BCUT2D eigenvalue weighted by Gasteiger charge is -2.20. The second-order valence-corrected chi connectivity index (χ2v) is 8.92. The molecule has 0 aromatic heterocycles. The fourth-order valence-corrected chi connectivity index (χ4v) is 4.82. The van der Waals surface area contributed by atoms with E-state index >= 15 is 0 Å². The Hall–Kier alpha value is -2.38. The van der Waals surface area contributed by atoms with E-state index in [1.165, 1.54) is 0 Å². The summed E-state index contributed by atoms with van der Waals surface area (Å²) in [6.07, 6.45) is 3.93. The second kappa shape index (κ2) is 8.75. The van der Waals surface area contributed by atoms with Crippen LogP contribution in [0.25, 0.3) is 0 Å². The first-order valence-corrected chi connectivity index (χ1v) is 10.9. The molecular formula is C21H26N2O4S. The van der Waals surface area contributed by atoms with E-state index in [1.54, 1.807) is 47.8 Å². The van der Waals surface area contributed by atoms with Crippen LogP contribution in [0.3, 0.4) is 0 Å². The molecule has 7 heteroatoms. The van der Waals surface area contributed by atoms with E-state index in [9.17, 15) is 13.2 Å². The van der Waals surface area contributed by atoms with Gasteiger partial charge in [0.25, 0.3) is 5.91 Å². The summed E-state index contributed by atoms with van der Waals surface area (Å²) in [6, 6.07) is 11.6. The van der Waals surface area contributed by atoms with Gasteiger partial charge in [-0.15, -0.1) is 0 Å². The van der Waals surface area contributed by atoms with Crippen molar-refractivity contribution >= 4 is 21.6 Å². The van der Waals surface area contributed by atoms with Crippen molar-refractivity contribution < 1.29 is 17.9 Å². The summed E-state index contributed by atoms with van der Waals surface area (Å²) in [4.78, 5) is 12.7. The Morgan fingerprint density at radius 2 is 1.64 bits per heavy atom. The summed E-state index contributed by atoms with van der Waals surface area (Å²) in [7, 11) is -1.93. The molecule has 150 valence electrons. The van der Waals surface area contributed by atoms with Gasteiger partial charge >= 0.3 is 0 Å². The number of hydrogen-bond donors (Lipinski definition) is 1. The van der Waals surface area contributed by atoms with Crippen LogP contribution in [0.5, 0.6) is 5.75 Å². The number of amides is 1. The third-order valence-electron chi connectivity index (χ3n) is 4.99. The predicted molar refractivity (Wildman–Crippen MR) is 109 cm³/mol. The number of carbonyl (C=O) groups is 1. The van der Waals surface area contributed by atoms with Gasteiger partial charge in [0.15, 0.2) is 0 Å². The Kier molecular flexibility index (Phi) is 6.36. The van der Waals surface area contributed by atoms with Crippen molar-refractivity contribution in [2.24, 2.45) is 0 Å². The number of hydrogen-bond acceptors (Lipinski definition) is 4. The molecule has 1 aliphatic rings. The van der Waals surface area contributed by atoms with Gasteiger partial charge in [-0.1, -0.05) is 18.9 Å². The number of anilines is 1. The summed E-state index contributed by atoms with van der Waals surface area (Å²) in [5.74, 6) is 0.368. The zero-order valence-corrected chi connectivity index (χ0v) is 17.1. The Balaban J connectivity index is 1.72. The lowest BCUT2D eigenvalue weighted by molar-refractivity contribution is 0.102. The number of aryl methyl sites for hydroxylation is 1. The first-order chi connectivity index (χ1) is 13.4.